The Balaban J connectivity index is 2.03. The van der Waals surface area contributed by atoms with Crippen molar-refractivity contribution in [2.45, 2.75) is 0 Å². The highest BCUT2D eigenvalue weighted by molar-refractivity contribution is 9.10. The monoisotopic (exact) mass is 349 g/mol. The van der Waals surface area contributed by atoms with Crippen LogP contribution in [0, 0.1) is 5.82 Å². The number of rotatable bonds is 2. The lowest BCUT2D eigenvalue weighted by molar-refractivity contribution is 0.441. The lowest BCUT2D eigenvalue weighted by Crippen LogP contribution is -2.09. The van der Waals surface area contributed by atoms with Gasteiger partial charge in [0.2, 0.25) is 0 Å². The van der Waals surface area contributed by atoms with Gasteiger partial charge in [-0.1, -0.05) is 0 Å². The van der Waals surface area contributed by atoms with E-state index in [1.54, 1.807) is 18.2 Å². The van der Waals surface area contributed by atoms with Crippen molar-refractivity contribution in [2.75, 3.05) is 5.73 Å². The van der Waals surface area contributed by atoms with Crippen LogP contribution in [0.15, 0.2) is 45.7 Å². The number of aromatic amines is 1. The quantitative estimate of drug-likeness (QED) is 0.696. The van der Waals surface area contributed by atoms with E-state index in [1.807, 2.05) is 0 Å². The average Bonchev–Trinajstić information content (AvgIpc) is 2.44. The van der Waals surface area contributed by atoms with Crippen molar-refractivity contribution in [3.63, 3.8) is 0 Å². The normalized spacial score (nSPS) is 10.8. The molecule has 2 aromatic carbocycles. The van der Waals surface area contributed by atoms with E-state index in [2.05, 4.69) is 25.9 Å². The Morgan fingerprint density at radius 1 is 1.24 bits per heavy atom. The van der Waals surface area contributed by atoms with Crippen LogP contribution in [0.4, 0.5) is 10.1 Å². The van der Waals surface area contributed by atoms with E-state index >= 15 is 0 Å². The number of H-pyrrole nitrogens is 1. The number of nitrogen functional groups attached to an aromatic ring is 1. The minimum Gasteiger partial charge on any atom is -0.426 e. The molecule has 21 heavy (non-hydrogen) atoms. The Kier molecular flexibility index (Phi) is 3.34. The second-order valence-corrected chi connectivity index (χ2v) is 5.18. The molecule has 0 saturated heterocycles. The molecule has 0 unspecified atom stereocenters. The third kappa shape index (κ3) is 2.73. The first-order valence-electron chi connectivity index (χ1n) is 5.95. The van der Waals surface area contributed by atoms with Crippen molar-refractivity contribution < 1.29 is 9.13 Å². The van der Waals surface area contributed by atoms with Gasteiger partial charge >= 0.3 is 6.01 Å². The second-order valence-electron chi connectivity index (χ2n) is 4.33. The minimum atomic E-state index is -0.405. The van der Waals surface area contributed by atoms with E-state index in [-0.39, 0.29) is 16.0 Å². The number of nitrogens with one attached hydrogen (secondary N) is 1. The molecule has 0 amide bonds. The van der Waals surface area contributed by atoms with Crippen molar-refractivity contribution in [2.24, 2.45) is 0 Å². The summed E-state index contributed by atoms with van der Waals surface area (Å²) in [5.74, 6) is -0.0565. The van der Waals surface area contributed by atoms with E-state index in [1.165, 1.54) is 18.2 Å². The fourth-order valence-corrected chi connectivity index (χ4v) is 2.19. The zero-order valence-electron chi connectivity index (χ0n) is 10.6. The number of nitrogens with zero attached hydrogens (tertiary/aromatic N) is 1. The number of nitrogens with two attached hydrogens (primary N) is 1. The van der Waals surface area contributed by atoms with Crippen molar-refractivity contribution in [1.29, 1.82) is 0 Å². The molecule has 3 rings (SSSR count). The maximum atomic E-state index is 13.2. The van der Waals surface area contributed by atoms with Crippen molar-refractivity contribution in [3.8, 4) is 11.8 Å². The number of ether oxygens (including phenoxy) is 1. The van der Waals surface area contributed by atoms with Gasteiger partial charge in [0, 0.05) is 5.69 Å². The van der Waals surface area contributed by atoms with Gasteiger partial charge in [0.1, 0.15) is 11.6 Å². The Morgan fingerprint density at radius 3 is 2.81 bits per heavy atom. The molecule has 0 aliphatic heterocycles. The van der Waals surface area contributed by atoms with Crippen LogP contribution in [-0.2, 0) is 0 Å². The molecule has 0 saturated carbocycles. The zero-order valence-corrected chi connectivity index (χ0v) is 12.1. The number of halogens is 2. The SMILES string of the molecule is Nc1ccc2nc(Oc3ccc(F)c(Br)c3)[nH]c(=O)c2c1. The first-order valence-corrected chi connectivity index (χ1v) is 6.75. The maximum absolute atomic E-state index is 13.2. The van der Waals surface area contributed by atoms with Crippen LogP contribution < -0.4 is 16.0 Å². The molecule has 0 spiro atoms. The van der Waals surface area contributed by atoms with Gasteiger partial charge in [-0.2, -0.15) is 4.98 Å². The predicted octanol–water partition coefficient (Wildman–Crippen LogP) is 3.20. The lowest BCUT2D eigenvalue weighted by atomic mass is 10.2. The minimum absolute atomic E-state index is 0.0239. The average molecular weight is 350 g/mol. The first-order chi connectivity index (χ1) is 10.0. The molecule has 0 radical (unpaired) electrons. The van der Waals surface area contributed by atoms with Gasteiger partial charge in [-0.25, -0.2) is 4.39 Å². The van der Waals surface area contributed by atoms with Crippen LogP contribution in [0.5, 0.6) is 11.8 Å². The van der Waals surface area contributed by atoms with Gasteiger partial charge < -0.3 is 10.5 Å². The first kappa shape index (κ1) is 13.6. The van der Waals surface area contributed by atoms with E-state index in [9.17, 15) is 9.18 Å². The summed E-state index contributed by atoms with van der Waals surface area (Å²) in [5.41, 5.74) is 6.21. The molecule has 3 N–H and O–H groups in total. The Morgan fingerprint density at radius 2 is 2.05 bits per heavy atom. The Labute approximate surface area is 126 Å². The fraction of sp³-hybridized carbons (Fsp3) is 0. The molecule has 0 fully saturated rings. The zero-order chi connectivity index (χ0) is 15.0. The van der Waals surface area contributed by atoms with Gasteiger partial charge in [0.25, 0.3) is 5.56 Å². The third-order valence-electron chi connectivity index (χ3n) is 2.81. The molecule has 0 aliphatic rings. The molecule has 1 aromatic heterocycles. The summed E-state index contributed by atoms with van der Waals surface area (Å²) in [6, 6.07) is 8.98. The summed E-state index contributed by atoms with van der Waals surface area (Å²) >= 11 is 3.06. The summed E-state index contributed by atoms with van der Waals surface area (Å²) in [5, 5.41) is 0.377. The standard InChI is InChI=1S/C14H9BrFN3O2/c15-10-6-8(2-3-11(10)16)21-14-18-12-4-1-7(17)5-9(12)13(20)19-14/h1-6H,17H2,(H,18,19,20). The van der Waals surface area contributed by atoms with Crippen LogP contribution >= 0.6 is 15.9 Å². The van der Waals surface area contributed by atoms with E-state index < -0.39 is 5.82 Å². The van der Waals surface area contributed by atoms with Gasteiger partial charge in [0.15, 0.2) is 0 Å². The van der Waals surface area contributed by atoms with E-state index in [0.29, 0.717) is 22.3 Å². The number of benzene rings is 2. The number of hydrogen-bond acceptors (Lipinski definition) is 4. The van der Waals surface area contributed by atoms with E-state index in [0.717, 1.165) is 0 Å². The summed E-state index contributed by atoms with van der Waals surface area (Å²) in [7, 11) is 0. The molecule has 0 atom stereocenters. The maximum Gasteiger partial charge on any atom is 0.302 e. The molecular formula is C14H9BrFN3O2. The number of fused-ring (bicyclic) bond motifs is 1. The molecule has 106 valence electrons. The Bertz CT molecular complexity index is 895. The van der Waals surface area contributed by atoms with Crippen LogP contribution in [0.2, 0.25) is 0 Å². The van der Waals surface area contributed by atoms with Crippen LogP contribution in [-0.4, -0.2) is 9.97 Å². The number of aromatic nitrogens is 2. The molecule has 3 aromatic rings. The second kappa shape index (κ2) is 5.17. The highest BCUT2D eigenvalue weighted by Crippen LogP contribution is 2.25. The van der Waals surface area contributed by atoms with Crippen molar-refractivity contribution in [3.05, 3.63) is 57.0 Å². The smallest absolute Gasteiger partial charge is 0.302 e. The van der Waals surface area contributed by atoms with Gasteiger partial charge in [0.05, 0.1) is 15.4 Å². The lowest BCUT2D eigenvalue weighted by Gasteiger charge is -2.06. The molecule has 0 bridgehead atoms. The summed E-state index contributed by atoms with van der Waals surface area (Å²) < 4.78 is 18.9. The van der Waals surface area contributed by atoms with Crippen molar-refractivity contribution in [1.82, 2.24) is 9.97 Å². The van der Waals surface area contributed by atoms with Crippen LogP contribution in [0.3, 0.4) is 0 Å². The van der Waals surface area contributed by atoms with Crippen LogP contribution in [0.1, 0.15) is 0 Å². The predicted molar refractivity (Wildman–Crippen MR) is 81.0 cm³/mol. The largest absolute Gasteiger partial charge is 0.426 e. The fourth-order valence-electron chi connectivity index (χ4n) is 1.84. The van der Waals surface area contributed by atoms with E-state index in [4.69, 9.17) is 10.5 Å². The topological polar surface area (TPSA) is 81.0 Å². The number of anilines is 1. The molecule has 7 heteroatoms. The molecule has 1 heterocycles. The highest BCUT2D eigenvalue weighted by atomic mass is 79.9. The van der Waals surface area contributed by atoms with Crippen molar-refractivity contribution >= 4 is 32.5 Å². The Hall–Kier alpha value is -2.41. The number of hydrogen-bond donors (Lipinski definition) is 2. The molecule has 0 aliphatic carbocycles. The molecule has 5 nitrogen and oxygen atoms in total. The molecular weight excluding hydrogens is 341 g/mol. The third-order valence-corrected chi connectivity index (χ3v) is 3.42. The van der Waals surface area contributed by atoms with Crippen LogP contribution in [0.25, 0.3) is 10.9 Å². The summed E-state index contributed by atoms with van der Waals surface area (Å²) in [6.07, 6.45) is 0. The van der Waals surface area contributed by atoms with Gasteiger partial charge in [-0.3, -0.25) is 9.78 Å². The summed E-state index contributed by atoms with van der Waals surface area (Å²) in [4.78, 5) is 18.7. The van der Waals surface area contributed by atoms with Gasteiger partial charge in [-0.05, 0) is 52.3 Å². The van der Waals surface area contributed by atoms with Gasteiger partial charge in [-0.15, -0.1) is 0 Å². The highest BCUT2D eigenvalue weighted by Gasteiger charge is 2.07. The summed E-state index contributed by atoms with van der Waals surface area (Å²) in [6.45, 7) is 0.